The van der Waals surface area contributed by atoms with E-state index >= 15 is 0 Å². The molecule has 2 saturated carbocycles. The first-order valence-corrected chi connectivity index (χ1v) is 6.76. The van der Waals surface area contributed by atoms with Gasteiger partial charge in [0.25, 0.3) is 0 Å². The van der Waals surface area contributed by atoms with Crippen molar-refractivity contribution in [2.45, 2.75) is 71.1 Å². The molecule has 2 aliphatic rings. The normalized spacial score (nSPS) is 31.5. The molecule has 0 radical (unpaired) electrons. The van der Waals surface area contributed by atoms with E-state index in [9.17, 15) is 8.78 Å². The third kappa shape index (κ3) is 2.95. The fourth-order valence-corrected chi connectivity index (χ4v) is 3.43. The number of halogens is 2. The topological polar surface area (TPSA) is 0 Å². The lowest BCUT2D eigenvalue weighted by atomic mass is 9.66. The predicted octanol–water partition coefficient (Wildman–Crippen LogP) is 5.03. The van der Waals surface area contributed by atoms with Gasteiger partial charge < -0.3 is 0 Å². The molecule has 0 saturated heterocycles. The molecule has 0 bridgehead atoms. The highest BCUT2D eigenvalue weighted by Gasteiger charge is 2.39. The van der Waals surface area contributed by atoms with Gasteiger partial charge in [0.1, 0.15) is 0 Å². The SMILES string of the molecule is CC1(C)CCC(C2CCC(F)(F)CC2)CC1. The molecule has 0 aromatic heterocycles. The Labute approximate surface area is 97.8 Å². The maximum absolute atomic E-state index is 13.1. The van der Waals surface area contributed by atoms with Crippen LogP contribution in [0.25, 0.3) is 0 Å². The predicted molar refractivity (Wildman–Crippen MR) is 62.6 cm³/mol. The lowest BCUT2D eigenvalue weighted by Crippen LogP contribution is -2.31. The highest BCUT2D eigenvalue weighted by molar-refractivity contribution is 4.86. The first-order chi connectivity index (χ1) is 7.38. The van der Waals surface area contributed by atoms with Gasteiger partial charge in [0, 0.05) is 12.8 Å². The third-order valence-electron chi connectivity index (χ3n) is 4.81. The van der Waals surface area contributed by atoms with Gasteiger partial charge in [-0.15, -0.1) is 0 Å². The van der Waals surface area contributed by atoms with Crippen LogP contribution in [0.1, 0.15) is 65.2 Å². The first-order valence-electron chi connectivity index (χ1n) is 6.76. The van der Waals surface area contributed by atoms with E-state index in [1.807, 2.05) is 0 Å². The van der Waals surface area contributed by atoms with Gasteiger partial charge >= 0.3 is 0 Å². The first kappa shape index (κ1) is 12.3. The average Bonchev–Trinajstić information content (AvgIpc) is 2.19. The molecule has 0 aromatic carbocycles. The van der Waals surface area contributed by atoms with Gasteiger partial charge in [-0.05, 0) is 55.8 Å². The Balaban J connectivity index is 1.82. The van der Waals surface area contributed by atoms with Crippen LogP contribution in [0.5, 0.6) is 0 Å². The lowest BCUT2D eigenvalue weighted by molar-refractivity contribution is -0.0561. The van der Waals surface area contributed by atoms with E-state index in [1.54, 1.807) is 0 Å². The number of hydrogen-bond acceptors (Lipinski definition) is 0. The van der Waals surface area contributed by atoms with Crippen LogP contribution in [-0.2, 0) is 0 Å². The minimum atomic E-state index is -2.36. The number of hydrogen-bond donors (Lipinski definition) is 0. The molecule has 0 N–H and O–H groups in total. The molecule has 16 heavy (non-hydrogen) atoms. The van der Waals surface area contributed by atoms with E-state index in [-0.39, 0.29) is 12.8 Å². The van der Waals surface area contributed by atoms with Crippen molar-refractivity contribution in [2.24, 2.45) is 17.3 Å². The van der Waals surface area contributed by atoms with Crippen molar-refractivity contribution in [1.29, 1.82) is 0 Å². The summed E-state index contributed by atoms with van der Waals surface area (Å²) in [4.78, 5) is 0. The molecule has 0 unspecified atom stereocenters. The highest BCUT2D eigenvalue weighted by Crippen LogP contribution is 2.46. The second kappa shape index (κ2) is 4.27. The molecule has 2 fully saturated rings. The number of alkyl halides is 2. The summed E-state index contributed by atoms with van der Waals surface area (Å²) in [5, 5.41) is 0. The molecular formula is C14H24F2. The molecule has 0 heterocycles. The fourth-order valence-electron chi connectivity index (χ4n) is 3.43. The summed E-state index contributed by atoms with van der Waals surface area (Å²) in [6.07, 6.45) is 6.90. The monoisotopic (exact) mass is 230 g/mol. The van der Waals surface area contributed by atoms with Crippen LogP contribution in [0.3, 0.4) is 0 Å². The zero-order valence-corrected chi connectivity index (χ0v) is 10.6. The maximum atomic E-state index is 13.1. The van der Waals surface area contributed by atoms with Gasteiger partial charge in [-0.1, -0.05) is 13.8 Å². The Hall–Kier alpha value is -0.140. The molecule has 2 heteroatoms. The summed E-state index contributed by atoms with van der Waals surface area (Å²) in [5.41, 5.74) is 0.495. The molecular weight excluding hydrogens is 206 g/mol. The van der Waals surface area contributed by atoms with E-state index in [0.29, 0.717) is 11.3 Å². The Morgan fingerprint density at radius 1 is 0.750 bits per heavy atom. The van der Waals surface area contributed by atoms with Crippen LogP contribution < -0.4 is 0 Å². The van der Waals surface area contributed by atoms with Gasteiger partial charge in [-0.3, -0.25) is 0 Å². The summed E-state index contributed by atoms with van der Waals surface area (Å²) in [6.45, 7) is 4.66. The van der Waals surface area contributed by atoms with E-state index in [4.69, 9.17) is 0 Å². The van der Waals surface area contributed by atoms with E-state index < -0.39 is 5.92 Å². The van der Waals surface area contributed by atoms with E-state index in [2.05, 4.69) is 13.8 Å². The average molecular weight is 230 g/mol. The van der Waals surface area contributed by atoms with Gasteiger partial charge in [0.15, 0.2) is 0 Å². The highest BCUT2D eigenvalue weighted by atomic mass is 19.3. The Kier molecular flexibility index (Phi) is 3.29. The van der Waals surface area contributed by atoms with Crippen LogP contribution in [0.4, 0.5) is 8.78 Å². The van der Waals surface area contributed by atoms with Crippen molar-refractivity contribution >= 4 is 0 Å². The van der Waals surface area contributed by atoms with Gasteiger partial charge in [0.05, 0.1) is 0 Å². The summed E-state index contributed by atoms with van der Waals surface area (Å²) in [7, 11) is 0. The molecule has 0 spiro atoms. The molecule has 0 atom stereocenters. The second-order valence-electron chi connectivity index (χ2n) is 6.70. The molecule has 94 valence electrons. The number of rotatable bonds is 1. The molecule has 0 aliphatic heterocycles. The third-order valence-corrected chi connectivity index (χ3v) is 4.81. The molecule has 2 rings (SSSR count). The smallest absolute Gasteiger partial charge is 0.207 e. The van der Waals surface area contributed by atoms with Crippen LogP contribution in [0.2, 0.25) is 0 Å². The maximum Gasteiger partial charge on any atom is 0.248 e. The Morgan fingerprint density at radius 3 is 1.56 bits per heavy atom. The van der Waals surface area contributed by atoms with Crippen LogP contribution in [0.15, 0.2) is 0 Å². The van der Waals surface area contributed by atoms with Crippen LogP contribution in [-0.4, -0.2) is 5.92 Å². The van der Waals surface area contributed by atoms with E-state index in [1.165, 1.54) is 25.7 Å². The Morgan fingerprint density at radius 2 is 1.12 bits per heavy atom. The molecule has 2 aliphatic carbocycles. The zero-order chi connectivity index (χ0) is 11.8. The second-order valence-corrected chi connectivity index (χ2v) is 6.70. The quantitative estimate of drug-likeness (QED) is 0.592. The van der Waals surface area contributed by atoms with Gasteiger partial charge in [-0.2, -0.15) is 0 Å². The fraction of sp³-hybridized carbons (Fsp3) is 1.00. The summed E-state index contributed by atoms with van der Waals surface area (Å²) in [6, 6.07) is 0. The summed E-state index contributed by atoms with van der Waals surface area (Å²) < 4.78 is 26.1. The largest absolute Gasteiger partial charge is 0.248 e. The van der Waals surface area contributed by atoms with E-state index in [0.717, 1.165) is 18.8 Å². The Bertz CT molecular complexity index is 199. The van der Waals surface area contributed by atoms with Crippen LogP contribution >= 0.6 is 0 Å². The van der Waals surface area contributed by atoms with Crippen molar-refractivity contribution < 1.29 is 8.78 Å². The zero-order valence-electron chi connectivity index (χ0n) is 10.6. The van der Waals surface area contributed by atoms with Crippen molar-refractivity contribution in [3.63, 3.8) is 0 Å². The van der Waals surface area contributed by atoms with Crippen molar-refractivity contribution in [3.05, 3.63) is 0 Å². The van der Waals surface area contributed by atoms with Crippen LogP contribution in [0, 0.1) is 17.3 Å². The minimum absolute atomic E-state index is 0.136. The van der Waals surface area contributed by atoms with Gasteiger partial charge in [-0.25, -0.2) is 8.78 Å². The standard InChI is InChI=1S/C14H24F2/c1-13(2)7-3-11(4-8-13)12-5-9-14(15,16)10-6-12/h11-12H,3-10H2,1-2H3. The molecule has 0 amide bonds. The minimum Gasteiger partial charge on any atom is -0.207 e. The van der Waals surface area contributed by atoms with Crippen molar-refractivity contribution in [3.8, 4) is 0 Å². The van der Waals surface area contributed by atoms with Crippen molar-refractivity contribution in [2.75, 3.05) is 0 Å². The molecule has 0 nitrogen and oxygen atoms in total. The lowest BCUT2D eigenvalue weighted by Gasteiger charge is -2.40. The molecule has 0 aromatic rings. The summed E-state index contributed by atoms with van der Waals surface area (Å²) in [5.74, 6) is -1.02. The summed E-state index contributed by atoms with van der Waals surface area (Å²) >= 11 is 0. The van der Waals surface area contributed by atoms with Gasteiger partial charge in [0.2, 0.25) is 5.92 Å². The van der Waals surface area contributed by atoms with Crippen molar-refractivity contribution in [1.82, 2.24) is 0 Å².